The van der Waals surface area contributed by atoms with E-state index in [2.05, 4.69) is 15.2 Å². The van der Waals surface area contributed by atoms with Crippen LogP contribution in [0.25, 0.3) is 5.69 Å². The third kappa shape index (κ3) is 3.46. The fraction of sp³-hybridized carbons (Fsp3) is 0.211. The molecule has 0 spiro atoms. The molecule has 0 saturated carbocycles. The first-order valence-electron chi connectivity index (χ1n) is 8.62. The number of rotatable bonds is 3. The first kappa shape index (κ1) is 17.0. The molecule has 0 unspecified atom stereocenters. The van der Waals surface area contributed by atoms with Gasteiger partial charge in [0, 0.05) is 26.2 Å². The molecule has 8 heteroatoms. The van der Waals surface area contributed by atoms with Gasteiger partial charge in [0.2, 0.25) is 0 Å². The number of carbonyl (C=O) groups is 1. The molecule has 27 heavy (non-hydrogen) atoms. The molecule has 1 aromatic heterocycles. The van der Waals surface area contributed by atoms with E-state index in [4.69, 9.17) is 0 Å². The van der Waals surface area contributed by atoms with Crippen LogP contribution in [0.2, 0.25) is 0 Å². The zero-order valence-electron chi connectivity index (χ0n) is 14.5. The third-order valence-electron chi connectivity index (χ3n) is 4.59. The van der Waals surface area contributed by atoms with Crippen molar-refractivity contribution in [1.29, 1.82) is 0 Å². The number of phenols is 1. The van der Waals surface area contributed by atoms with Gasteiger partial charge in [0.25, 0.3) is 5.91 Å². The number of hydrogen-bond acceptors (Lipinski definition) is 5. The molecule has 4 rings (SSSR count). The van der Waals surface area contributed by atoms with Gasteiger partial charge in [-0.15, -0.1) is 5.10 Å². The fourth-order valence-corrected chi connectivity index (χ4v) is 3.13. The van der Waals surface area contributed by atoms with Gasteiger partial charge in [-0.05, 0) is 36.4 Å². The minimum atomic E-state index is -0.336. The van der Waals surface area contributed by atoms with E-state index < -0.39 is 0 Å². The number of halogens is 1. The Morgan fingerprint density at radius 1 is 1.00 bits per heavy atom. The van der Waals surface area contributed by atoms with E-state index in [0.717, 1.165) is 5.69 Å². The van der Waals surface area contributed by atoms with Crippen LogP contribution in [-0.2, 0) is 0 Å². The van der Waals surface area contributed by atoms with Gasteiger partial charge in [0.1, 0.15) is 11.6 Å². The highest BCUT2D eigenvalue weighted by Crippen LogP contribution is 2.27. The van der Waals surface area contributed by atoms with Crippen LogP contribution in [-0.4, -0.2) is 57.1 Å². The van der Waals surface area contributed by atoms with Crippen molar-refractivity contribution in [3.63, 3.8) is 0 Å². The Bertz CT molecular complexity index is 949. The molecule has 7 nitrogen and oxygen atoms in total. The van der Waals surface area contributed by atoms with Crippen molar-refractivity contribution in [2.75, 3.05) is 31.1 Å². The zero-order valence-corrected chi connectivity index (χ0v) is 14.5. The number of hydrogen-bond donors (Lipinski definition) is 1. The fourth-order valence-electron chi connectivity index (χ4n) is 3.13. The molecule has 0 bridgehead atoms. The maximum atomic E-state index is 13.0. The smallest absolute Gasteiger partial charge is 0.276 e. The zero-order chi connectivity index (χ0) is 18.8. The largest absolute Gasteiger partial charge is 0.506 e. The van der Waals surface area contributed by atoms with E-state index in [0.29, 0.717) is 31.9 Å². The van der Waals surface area contributed by atoms with Crippen LogP contribution in [0, 0.1) is 5.82 Å². The predicted octanol–water partition coefficient (Wildman–Crippen LogP) is 2.07. The number of nitrogens with zero attached hydrogens (tertiary/aromatic N) is 5. The Labute approximate surface area is 155 Å². The van der Waals surface area contributed by atoms with Crippen molar-refractivity contribution in [1.82, 2.24) is 19.9 Å². The molecule has 138 valence electrons. The molecule has 2 heterocycles. The molecule has 0 atom stereocenters. The number of carbonyl (C=O) groups excluding carboxylic acids is 1. The number of phenolic OH excluding ortho intramolecular Hbond substituents is 1. The van der Waals surface area contributed by atoms with Crippen LogP contribution in [0.1, 0.15) is 10.5 Å². The van der Waals surface area contributed by atoms with E-state index in [1.807, 2.05) is 12.1 Å². The lowest BCUT2D eigenvalue weighted by Crippen LogP contribution is -2.48. The second-order valence-corrected chi connectivity index (χ2v) is 6.29. The molecule has 3 aromatic rings. The van der Waals surface area contributed by atoms with Crippen LogP contribution in [0.4, 0.5) is 10.1 Å². The number of aromatic nitrogens is 3. The van der Waals surface area contributed by atoms with Gasteiger partial charge < -0.3 is 14.9 Å². The molecular weight excluding hydrogens is 349 g/mol. The second-order valence-electron chi connectivity index (χ2n) is 6.29. The lowest BCUT2D eigenvalue weighted by molar-refractivity contribution is 0.0740. The van der Waals surface area contributed by atoms with Crippen LogP contribution < -0.4 is 4.90 Å². The SMILES string of the molecule is O=C(c1cn(-c2ccc(F)cc2)nn1)N1CCN(c2ccccc2O)CC1. The minimum absolute atomic E-state index is 0.194. The van der Waals surface area contributed by atoms with Gasteiger partial charge in [-0.25, -0.2) is 9.07 Å². The highest BCUT2D eigenvalue weighted by atomic mass is 19.1. The Morgan fingerprint density at radius 3 is 2.41 bits per heavy atom. The van der Waals surface area contributed by atoms with Gasteiger partial charge in [-0.2, -0.15) is 0 Å². The lowest BCUT2D eigenvalue weighted by Gasteiger charge is -2.35. The van der Waals surface area contributed by atoms with Crippen molar-refractivity contribution in [2.45, 2.75) is 0 Å². The summed E-state index contributed by atoms with van der Waals surface area (Å²) in [5, 5.41) is 17.9. The van der Waals surface area contributed by atoms with Gasteiger partial charge in [0.15, 0.2) is 5.69 Å². The highest BCUT2D eigenvalue weighted by molar-refractivity contribution is 5.92. The van der Waals surface area contributed by atoms with Gasteiger partial charge in [-0.1, -0.05) is 17.3 Å². The molecule has 2 aromatic carbocycles. The van der Waals surface area contributed by atoms with Crippen molar-refractivity contribution >= 4 is 11.6 Å². The van der Waals surface area contributed by atoms with Gasteiger partial charge in [0.05, 0.1) is 17.6 Å². The Morgan fingerprint density at radius 2 is 1.70 bits per heavy atom. The maximum Gasteiger partial charge on any atom is 0.276 e. The summed E-state index contributed by atoms with van der Waals surface area (Å²) in [5.74, 6) is -0.294. The standard InChI is InChI=1S/C19H18FN5O2/c20-14-5-7-15(8-6-14)25-13-16(21-22-25)19(27)24-11-9-23(10-12-24)17-3-1-2-4-18(17)26/h1-8,13,26H,9-12H2. The molecule has 0 radical (unpaired) electrons. The molecule has 0 aliphatic carbocycles. The Kier molecular flexibility index (Phi) is 4.45. The van der Waals surface area contributed by atoms with Crippen LogP contribution in [0.5, 0.6) is 5.75 Å². The van der Waals surface area contributed by atoms with E-state index >= 15 is 0 Å². The topological polar surface area (TPSA) is 74.5 Å². The number of amides is 1. The van der Waals surface area contributed by atoms with Crippen LogP contribution in [0.15, 0.2) is 54.7 Å². The average Bonchev–Trinajstić information content (AvgIpc) is 3.19. The number of piperazine rings is 1. The summed E-state index contributed by atoms with van der Waals surface area (Å²) in [4.78, 5) is 16.5. The molecular formula is C19H18FN5O2. The monoisotopic (exact) mass is 367 g/mol. The van der Waals surface area contributed by atoms with Crippen molar-refractivity contribution in [2.24, 2.45) is 0 Å². The minimum Gasteiger partial charge on any atom is -0.506 e. The van der Waals surface area contributed by atoms with Crippen LogP contribution >= 0.6 is 0 Å². The molecule has 1 aliphatic heterocycles. The number of anilines is 1. The molecule has 1 saturated heterocycles. The quantitative estimate of drug-likeness (QED) is 0.767. The van der Waals surface area contributed by atoms with Crippen molar-refractivity contribution in [3.8, 4) is 11.4 Å². The van der Waals surface area contributed by atoms with E-state index in [-0.39, 0.29) is 23.2 Å². The second kappa shape index (κ2) is 7.06. The molecule has 1 N–H and O–H groups in total. The molecule has 1 aliphatic rings. The Balaban J connectivity index is 1.43. The average molecular weight is 367 g/mol. The van der Waals surface area contributed by atoms with E-state index in [9.17, 15) is 14.3 Å². The summed E-state index contributed by atoms with van der Waals surface area (Å²) in [6, 6.07) is 13.0. The van der Waals surface area contributed by atoms with Crippen molar-refractivity contribution < 1.29 is 14.3 Å². The molecule has 1 fully saturated rings. The summed E-state index contributed by atoms with van der Waals surface area (Å²) in [7, 11) is 0. The first-order valence-corrected chi connectivity index (χ1v) is 8.62. The molecule has 1 amide bonds. The van der Waals surface area contributed by atoms with E-state index in [1.165, 1.54) is 16.8 Å². The third-order valence-corrected chi connectivity index (χ3v) is 4.59. The number of aromatic hydroxyl groups is 1. The summed E-state index contributed by atoms with van der Waals surface area (Å²) >= 11 is 0. The number of para-hydroxylation sites is 2. The predicted molar refractivity (Wildman–Crippen MR) is 97.5 cm³/mol. The van der Waals surface area contributed by atoms with Crippen molar-refractivity contribution in [3.05, 3.63) is 66.2 Å². The van der Waals surface area contributed by atoms with Crippen LogP contribution in [0.3, 0.4) is 0 Å². The first-order chi connectivity index (χ1) is 13.1. The highest BCUT2D eigenvalue weighted by Gasteiger charge is 2.25. The lowest BCUT2D eigenvalue weighted by atomic mass is 10.2. The summed E-state index contributed by atoms with van der Waals surface area (Å²) in [6.07, 6.45) is 1.55. The summed E-state index contributed by atoms with van der Waals surface area (Å²) < 4.78 is 14.5. The number of benzene rings is 2. The maximum absolute atomic E-state index is 13.0. The van der Waals surface area contributed by atoms with E-state index in [1.54, 1.807) is 35.4 Å². The summed E-state index contributed by atoms with van der Waals surface area (Å²) in [5.41, 5.74) is 1.65. The summed E-state index contributed by atoms with van der Waals surface area (Å²) in [6.45, 7) is 2.29. The van der Waals surface area contributed by atoms with Gasteiger partial charge >= 0.3 is 0 Å². The van der Waals surface area contributed by atoms with Gasteiger partial charge in [-0.3, -0.25) is 4.79 Å². The Hall–Kier alpha value is -3.42. The normalized spacial score (nSPS) is 14.4.